The van der Waals surface area contributed by atoms with Crippen molar-refractivity contribution in [1.29, 1.82) is 0 Å². The standard InChI is InChI=1S/C14H20F5NO3/c1-9(2)5-4-8-23-11(21)10-6-3-7-20(10)12(22)13(15,16)14(17,18)19/h9-10H,3-8H2,1-2H3. The van der Waals surface area contributed by atoms with Gasteiger partial charge in [0.2, 0.25) is 0 Å². The molecule has 0 aromatic heterocycles. The van der Waals surface area contributed by atoms with Crippen molar-refractivity contribution < 1.29 is 36.3 Å². The van der Waals surface area contributed by atoms with Gasteiger partial charge in [-0.05, 0) is 31.6 Å². The molecule has 1 fully saturated rings. The maximum absolute atomic E-state index is 13.1. The fourth-order valence-corrected chi connectivity index (χ4v) is 2.32. The molecule has 0 aromatic rings. The Hall–Kier alpha value is -1.41. The molecule has 134 valence electrons. The summed E-state index contributed by atoms with van der Waals surface area (Å²) in [5.74, 6) is -8.44. The van der Waals surface area contributed by atoms with Gasteiger partial charge in [0.15, 0.2) is 0 Å². The van der Waals surface area contributed by atoms with Crippen molar-refractivity contribution in [3.05, 3.63) is 0 Å². The largest absolute Gasteiger partial charge is 0.464 e. The maximum atomic E-state index is 13.1. The van der Waals surface area contributed by atoms with E-state index in [-0.39, 0.29) is 30.9 Å². The summed E-state index contributed by atoms with van der Waals surface area (Å²) in [6.07, 6.45) is -4.46. The van der Waals surface area contributed by atoms with E-state index >= 15 is 0 Å². The number of amides is 1. The molecule has 0 aliphatic carbocycles. The molecule has 1 amide bonds. The summed E-state index contributed by atoms with van der Waals surface area (Å²) < 4.78 is 68.0. The lowest BCUT2D eigenvalue weighted by molar-refractivity contribution is -0.274. The first-order valence-corrected chi connectivity index (χ1v) is 7.40. The number of carbonyl (C=O) groups is 2. The van der Waals surface area contributed by atoms with Gasteiger partial charge in [0.1, 0.15) is 6.04 Å². The van der Waals surface area contributed by atoms with Crippen molar-refractivity contribution in [3.8, 4) is 0 Å². The Kier molecular flexibility index (Phi) is 6.35. The second kappa shape index (κ2) is 7.44. The molecular formula is C14H20F5NO3. The Morgan fingerprint density at radius 1 is 1.22 bits per heavy atom. The van der Waals surface area contributed by atoms with Crippen molar-refractivity contribution in [2.75, 3.05) is 13.2 Å². The summed E-state index contributed by atoms with van der Waals surface area (Å²) in [6, 6.07) is -1.38. The Balaban J connectivity index is 2.66. The zero-order chi connectivity index (χ0) is 17.8. The molecule has 9 heteroatoms. The molecule has 0 aromatic carbocycles. The van der Waals surface area contributed by atoms with E-state index in [9.17, 15) is 31.5 Å². The number of rotatable bonds is 6. The fourth-order valence-electron chi connectivity index (χ4n) is 2.32. The van der Waals surface area contributed by atoms with Crippen LogP contribution in [0.4, 0.5) is 22.0 Å². The topological polar surface area (TPSA) is 46.6 Å². The number of alkyl halides is 5. The molecule has 1 unspecified atom stereocenters. The summed E-state index contributed by atoms with van der Waals surface area (Å²) >= 11 is 0. The number of likely N-dealkylation sites (tertiary alicyclic amines) is 1. The van der Waals surface area contributed by atoms with Gasteiger partial charge in [-0.25, -0.2) is 4.79 Å². The molecule has 23 heavy (non-hydrogen) atoms. The second-order valence-corrected chi connectivity index (χ2v) is 5.93. The zero-order valence-corrected chi connectivity index (χ0v) is 13.0. The highest BCUT2D eigenvalue weighted by Crippen LogP contribution is 2.38. The SMILES string of the molecule is CC(C)CCCOC(=O)C1CCCN1C(=O)C(F)(F)C(F)(F)F. The van der Waals surface area contributed by atoms with Crippen LogP contribution in [0.3, 0.4) is 0 Å². The van der Waals surface area contributed by atoms with Gasteiger partial charge in [0, 0.05) is 6.54 Å². The van der Waals surface area contributed by atoms with Crippen LogP contribution in [0.2, 0.25) is 0 Å². The number of halogens is 5. The third kappa shape index (κ3) is 4.78. The average molecular weight is 345 g/mol. The van der Waals surface area contributed by atoms with Crippen LogP contribution in [-0.4, -0.2) is 48.1 Å². The van der Waals surface area contributed by atoms with Crippen molar-refractivity contribution in [3.63, 3.8) is 0 Å². The summed E-state index contributed by atoms with van der Waals surface area (Å²) in [6.45, 7) is 3.66. The van der Waals surface area contributed by atoms with Gasteiger partial charge >= 0.3 is 24.0 Å². The lowest BCUT2D eigenvalue weighted by Crippen LogP contribution is -2.55. The van der Waals surface area contributed by atoms with Crippen molar-refractivity contribution in [2.24, 2.45) is 5.92 Å². The van der Waals surface area contributed by atoms with Crippen LogP contribution >= 0.6 is 0 Å². The highest BCUT2D eigenvalue weighted by atomic mass is 19.4. The Bertz CT molecular complexity index is 437. The van der Waals surface area contributed by atoms with E-state index in [0.29, 0.717) is 12.3 Å². The van der Waals surface area contributed by atoms with Crippen LogP contribution in [-0.2, 0) is 14.3 Å². The highest BCUT2D eigenvalue weighted by molar-refractivity contribution is 5.89. The van der Waals surface area contributed by atoms with Gasteiger partial charge in [-0.2, -0.15) is 22.0 Å². The number of carbonyl (C=O) groups excluding carboxylic acids is 2. The third-order valence-corrected chi connectivity index (χ3v) is 3.58. The second-order valence-electron chi connectivity index (χ2n) is 5.93. The van der Waals surface area contributed by atoms with Crippen molar-refractivity contribution >= 4 is 11.9 Å². The van der Waals surface area contributed by atoms with Gasteiger partial charge in [0.05, 0.1) is 6.61 Å². The zero-order valence-electron chi connectivity index (χ0n) is 13.0. The molecule has 0 spiro atoms. The van der Waals surface area contributed by atoms with E-state index in [2.05, 4.69) is 0 Å². The van der Waals surface area contributed by atoms with Gasteiger partial charge in [0.25, 0.3) is 0 Å². The van der Waals surface area contributed by atoms with Crippen LogP contribution < -0.4 is 0 Å². The molecule has 0 N–H and O–H groups in total. The Morgan fingerprint density at radius 2 is 1.83 bits per heavy atom. The van der Waals surface area contributed by atoms with E-state index in [0.717, 1.165) is 6.42 Å². The van der Waals surface area contributed by atoms with Crippen LogP contribution in [0.25, 0.3) is 0 Å². The average Bonchev–Trinajstić information content (AvgIpc) is 2.90. The number of nitrogens with zero attached hydrogens (tertiary/aromatic N) is 1. The predicted octanol–water partition coefficient (Wildman–Crippen LogP) is 3.15. The van der Waals surface area contributed by atoms with E-state index in [1.807, 2.05) is 13.8 Å². The number of ether oxygens (including phenoxy) is 1. The number of esters is 1. The normalized spacial score (nSPS) is 19.3. The monoisotopic (exact) mass is 345 g/mol. The van der Waals surface area contributed by atoms with E-state index < -0.39 is 30.0 Å². The van der Waals surface area contributed by atoms with Gasteiger partial charge in [-0.15, -0.1) is 0 Å². The molecular weight excluding hydrogens is 325 g/mol. The molecule has 0 saturated carbocycles. The molecule has 1 saturated heterocycles. The van der Waals surface area contributed by atoms with Crippen molar-refractivity contribution in [1.82, 2.24) is 4.90 Å². The van der Waals surface area contributed by atoms with Crippen molar-refractivity contribution in [2.45, 2.75) is 57.7 Å². The molecule has 1 heterocycles. The van der Waals surface area contributed by atoms with Crippen LogP contribution in [0, 0.1) is 5.92 Å². The van der Waals surface area contributed by atoms with Crippen LogP contribution in [0.1, 0.15) is 39.5 Å². The first kappa shape index (κ1) is 19.6. The summed E-state index contributed by atoms with van der Waals surface area (Å²) in [5.41, 5.74) is 0. The minimum atomic E-state index is -5.99. The van der Waals surface area contributed by atoms with E-state index in [1.165, 1.54) is 0 Å². The molecule has 4 nitrogen and oxygen atoms in total. The minimum absolute atomic E-state index is 0.0166. The molecule has 0 radical (unpaired) electrons. The summed E-state index contributed by atoms with van der Waals surface area (Å²) in [5, 5.41) is 0. The molecule has 1 rings (SSSR count). The van der Waals surface area contributed by atoms with E-state index in [4.69, 9.17) is 4.74 Å². The molecule has 0 bridgehead atoms. The maximum Gasteiger partial charge on any atom is 0.463 e. The highest BCUT2D eigenvalue weighted by Gasteiger charge is 2.65. The first-order chi connectivity index (χ1) is 10.5. The Labute approximate surface area is 131 Å². The van der Waals surface area contributed by atoms with Crippen LogP contribution in [0.15, 0.2) is 0 Å². The molecule has 1 atom stereocenters. The third-order valence-electron chi connectivity index (χ3n) is 3.58. The summed E-state index contributed by atoms with van der Waals surface area (Å²) in [4.78, 5) is 23.6. The number of hydrogen-bond acceptors (Lipinski definition) is 3. The van der Waals surface area contributed by atoms with Crippen LogP contribution in [0.5, 0.6) is 0 Å². The van der Waals surface area contributed by atoms with Gasteiger partial charge in [-0.3, -0.25) is 4.79 Å². The fraction of sp³-hybridized carbons (Fsp3) is 0.857. The quantitative estimate of drug-likeness (QED) is 0.422. The minimum Gasteiger partial charge on any atom is -0.464 e. The molecule has 1 aliphatic heterocycles. The smallest absolute Gasteiger partial charge is 0.463 e. The summed E-state index contributed by atoms with van der Waals surface area (Å²) in [7, 11) is 0. The molecule has 1 aliphatic rings. The Morgan fingerprint density at radius 3 is 2.35 bits per heavy atom. The van der Waals surface area contributed by atoms with E-state index in [1.54, 1.807) is 0 Å². The van der Waals surface area contributed by atoms with Gasteiger partial charge in [-0.1, -0.05) is 13.8 Å². The lowest BCUT2D eigenvalue weighted by atomic mass is 10.1. The lowest BCUT2D eigenvalue weighted by Gasteiger charge is -2.28. The van der Waals surface area contributed by atoms with Gasteiger partial charge < -0.3 is 9.64 Å². The number of hydrogen-bond donors (Lipinski definition) is 0. The predicted molar refractivity (Wildman–Crippen MR) is 70.8 cm³/mol. The first-order valence-electron chi connectivity index (χ1n) is 7.40.